The molecule has 0 fully saturated rings. The van der Waals surface area contributed by atoms with Gasteiger partial charge in [0, 0.05) is 16.6 Å². The minimum Gasteiger partial charge on any atom is -0.484 e. The SMILES string of the molecule is CC(C)c1cc(Br)ccc1OCC(=O)NNC(=O)COc1ccc([N+](=O)[O-])cc1. The van der Waals surface area contributed by atoms with Crippen molar-refractivity contribution in [2.75, 3.05) is 13.2 Å². The lowest BCUT2D eigenvalue weighted by Gasteiger charge is -2.14. The highest BCUT2D eigenvalue weighted by Gasteiger charge is 2.12. The summed E-state index contributed by atoms with van der Waals surface area (Å²) in [4.78, 5) is 33.7. The van der Waals surface area contributed by atoms with Crippen LogP contribution in [0.2, 0.25) is 0 Å². The Hall–Kier alpha value is -3.14. The fraction of sp³-hybridized carbons (Fsp3) is 0.263. The van der Waals surface area contributed by atoms with E-state index in [1.807, 2.05) is 26.0 Å². The second-order valence-electron chi connectivity index (χ2n) is 6.26. The van der Waals surface area contributed by atoms with Crippen molar-refractivity contribution in [3.63, 3.8) is 0 Å². The van der Waals surface area contributed by atoms with Gasteiger partial charge < -0.3 is 9.47 Å². The summed E-state index contributed by atoms with van der Waals surface area (Å²) >= 11 is 3.40. The molecule has 0 atom stereocenters. The van der Waals surface area contributed by atoms with E-state index in [9.17, 15) is 19.7 Å². The van der Waals surface area contributed by atoms with Crippen LogP contribution in [0.1, 0.15) is 25.3 Å². The maximum atomic E-state index is 11.9. The third-order valence-corrected chi connectivity index (χ3v) is 4.20. The van der Waals surface area contributed by atoms with Crippen molar-refractivity contribution in [3.8, 4) is 11.5 Å². The van der Waals surface area contributed by atoms with Crippen molar-refractivity contribution in [1.29, 1.82) is 0 Å². The number of amides is 2. The van der Waals surface area contributed by atoms with Crippen LogP contribution in [0.15, 0.2) is 46.9 Å². The van der Waals surface area contributed by atoms with Crippen LogP contribution in [0.25, 0.3) is 0 Å². The summed E-state index contributed by atoms with van der Waals surface area (Å²) in [6.45, 7) is 3.38. The molecule has 2 aromatic rings. The van der Waals surface area contributed by atoms with Crippen LogP contribution in [0.3, 0.4) is 0 Å². The highest BCUT2D eigenvalue weighted by Crippen LogP contribution is 2.29. The number of halogens is 1. The van der Waals surface area contributed by atoms with Crippen LogP contribution < -0.4 is 20.3 Å². The fourth-order valence-corrected chi connectivity index (χ4v) is 2.65. The minimum atomic E-state index is -0.594. The van der Waals surface area contributed by atoms with E-state index < -0.39 is 16.7 Å². The third kappa shape index (κ3) is 7.07. The molecule has 154 valence electrons. The molecule has 0 aliphatic rings. The third-order valence-electron chi connectivity index (χ3n) is 3.71. The second kappa shape index (κ2) is 10.4. The van der Waals surface area contributed by atoms with E-state index in [1.54, 1.807) is 6.07 Å². The number of benzene rings is 2. The number of carbonyl (C=O) groups excluding carboxylic acids is 2. The Morgan fingerprint density at radius 3 is 2.17 bits per heavy atom. The van der Waals surface area contributed by atoms with Gasteiger partial charge in [0.25, 0.3) is 17.5 Å². The molecule has 0 saturated heterocycles. The van der Waals surface area contributed by atoms with Crippen LogP contribution in [0.5, 0.6) is 11.5 Å². The molecule has 0 aromatic heterocycles. The number of non-ortho nitro benzene ring substituents is 1. The second-order valence-corrected chi connectivity index (χ2v) is 7.18. The van der Waals surface area contributed by atoms with Crippen molar-refractivity contribution in [2.45, 2.75) is 19.8 Å². The summed E-state index contributed by atoms with van der Waals surface area (Å²) in [6.07, 6.45) is 0. The summed E-state index contributed by atoms with van der Waals surface area (Å²) in [7, 11) is 0. The maximum absolute atomic E-state index is 11.9. The molecule has 0 saturated carbocycles. The first-order valence-electron chi connectivity index (χ1n) is 8.63. The first-order chi connectivity index (χ1) is 13.8. The molecule has 29 heavy (non-hydrogen) atoms. The molecule has 0 heterocycles. The van der Waals surface area contributed by atoms with Crippen molar-refractivity contribution in [3.05, 3.63) is 62.6 Å². The number of nitro groups is 1. The van der Waals surface area contributed by atoms with Gasteiger partial charge in [0.2, 0.25) is 0 Å². The quantitative estimate of drug-likeness (QED) is 0.456. The number of nitrogens with zero attached hydrogens (tertiary/aromatic N) is 1. The number of nitro benzene ring substituents is 1. The summed E-state index contributed by atoms with van der Waals surface area (Å²) in [5.41, 5.74) is 5.31. The topological polar surface area (TPSA) is 120 Å². The van der Waals surface area contributed by atoms with Gasteiger partial charge in [-0.05, 0) is 41.8 Å². The normalized spacial score (nSPS) is 10.3. The van der Waals surface area contributed by atoms with E-state index in [-0.39, 0.29) is 30.6 Å². The van der Waals surface area contributed by atoms with Gasteiger partial charge in [0.15, 0.2) is 13.2 Å². The molecule has 2 amide bonds. The van der Waals surface area contributed by atoms with Gasteiger partial charge in [-0.1, -0.05) is 29.8 Å². The van der Waals surface area contributed by atoms with E-state index in [4.69, 9.17) is 9.47 Å². The monoisotopic (exact) mass is 465 g/mol. The highest BCUT2D eigenvalue weighted by molar-refractivity contribution is 9.10. The number of ether oxygens (including phenoxy) is 2. The maximum Gasteiger partial charge on any atom is 0.276 e. The van der Waals surface area contributed by atoms with E-state index in [1.165, 1.54) is 24.3 Å². The number of carbonyl (C=O) groups is 2. The first kappa shape index (κ1) is 22.2. The number of rotatable bonds is 8. The van der Waals surface area contributed by atoms with Gasteiger partial charge >= 0.3 is 0 Å². The van der Waals surface area contributed by atoms with Crippen molar-refractivity contribution in [1.82, 2.24) is 10.9 Å². The van der Waals surface area contributed by atoms with Gasteiger partial charge in [-0.15, -0.1) is 0 Å². The summed E-state index contributed by atoms with van der Waals surface area (Å²) in [5, 5.41) is 10.6. The van der Waals surface area contributed by atoms with Crippen molar-refractivity contribution >= 4 is 33.4 Å². The lowest BCUT2D eigenvalue weighted by molar-refractivity contribution is -0.384. The zero-order chi connectivity index (χ0) is 21.4. The van der Waals surface area contributed by atoms with Crippen molar-refractivity contribution in [2.24, 2.45) is 0 Å². The smallest absolute Gasteiger partial charge is 0.276 e. The lowest BCUT2D eigenvalue weighted by atomic mass is 10.0. The zero-order valence-electron chi connectivity index (χ0n) is 15.8. The van der Waals surface area contributed by atoms with Gasteiger partial charge in [0.1, 0.15) is 11.5 Å². The van der Waals surface area contributed by atoms with Crippen LogP contribution in [-0.2, 0) is 9.59 Å². The molecule has 2 N–H and O–H groups in total. The molecule has 0 bridgehead atoms. The predicted octanol–water partition coefficient (Wildman–Crippen LogP) is 3.09. The lowest BCUT2D eigenvalue weighted by Crippen LogP contribution is -2.45. The van der Waals surface area contributed by atoms with Gasteiger partial charge in [-0.3, -0.25) is 30.6 Å². The Kier molecular flexibility index (Phi) is 7.96. The van der Waals surface area contributed by atoms with E-state index >= 15 is 0 Å². The minimum absolute atomic E-state index is 0.0829. The average molecular weight is 466 g/mol. The van der Waals surface area contributed by atoms with E-state index in [2.05, 4.69) is 26.8 Å². The Bertz CT molecular complexity index is 886. The summed E-state index contributed by atoms with van der Waals surface area (Å²) in [6, 6.07) is 10.8. The van der Waals surface area contributed by atoms with Crippen LogP contribution in [0, 0.1) is 10.1 Å². The standard InChI is InChI=1S/C19H20BrN3O6/c1-12(2)16-9-13(20)3-8-17(16)29-11-19(25)22-21-18(24)10-28-15-6-4-14(5-7-15)23(26)27/h3-9,12H,10-11H2,1-2H3,(H,21,24)(H,22,25). The van der Waals surface area contributed by atoms with Crippen molar-refractivity contribution < 1.29 is 24.0 Å². The molecule has 0 radical (unpaired) electrons. The number of hydrogen-bond donors (Lipinski definition) is 2. The number of hydrazine groups is 1. The van der Waals surface area contributed by atoms with Crippen LogP contribution >= 0.6 is 15.9 Å². The van der Waals surface area contributed by atoms with E-state index in [0.717, 1.165) is 10.0 Å². The number of hydrogen-bond acceptors (Lipinski definition) is 6. The molecule has 0 spiro atoms. The zero-order valence-corrected chi connectivity index (χ0v) is 17.4. The molecule has 0 unspecified atom stereocenters. The molecule has 2 aromatic carbocycles. The number of nitrogens with one attached hydrogen (secondary N) is 2. The predicted molar refractivity (Wildman–Crippen MR) is 109 cm³/mol. The van der Waals surface area contributed by atoms with Gasteiger partial charge in [-0.25, -0.2) is 0 Å². The summed E-state index contributed by atoms with van der Waals surface area (Å²) in [5.74, 6) is -0.0422. The first-order valence-corrected chi connectivity index (χ1v) is 9.42. The molecule has 2 rings (SSSR count). The average Bonchev–Trinajstić information content (AvgIpc) is 2.69. The molecular formula is C19H20BrN3O6. The molecule has 0 aliphatic carbocycles. The van der Waals surface area contributed by atoms with Crippen LogP contribution in [0.4, 0.5) is 5.69 Å². The Balaban J connectivity index is 1.75. The molecule has 9 nitrogen and oxygen atoms in total. The Labute approximate surface area is 175 Å². The largest absolute Gasteiger partial charge is 0.484 e. The highest BCUT2D eigenvalue weighted by atomic mass is 79.9. The Morgan fingerprint density at radius 1 is 1.03 bits per heavy atom. The summed E-state index contributed by atoms with van der Waals surface area (Å²) < 4.78 is 11.6. The van der Waals surface area contributed by atoms with Crippen LogP contribution in [-0.4, -0.2) is 30.0 Å². The fourth-order valence-electron chi connectivity index (χ4n) is 2.27. The molecule has 10 heteroatoms. The molecule has 0 aliphatic heterocycles. The molecular weight excluding hydrogens is 446 g/mol. The Morgan fingerprint density at radius 2 is 1.62 bits per heavy atom. The van der Waals surface area contributed by atoms with Gasteiger partial charge in [-0.2, -0.15) is 0 Å². The van der Waals surface area contributed by atoms with E-state index in [0.29, 0.717) is 5.75 Å². The van der Waals surface area contributed by atoms with Gasteiger partial charge in [0.05, 0.1) is 4.92 Å².